The van der Waals surface area contributed by atoms with Crippen molar-refractivity contribution in [3.05, 3.63) is 53.6 Å². The summed E-state index contributed by atoms with van der Waals surface area (Å²) in [6, 6.07) is 13.6. The highest BCUT2D eigenvalue weighted by Crippen LogP contribution is 2.18. The van der Waals surface area contributed by atoms with Crippen LogP contribution in [0.5, 0.6) is 17.2 Å². The van der Waals surface area contributed by atoms with Crippen molar-refractivity contribution in [2.45, 2.75) is 13.8 Å². The second-order valence-corrected chi connectivity index (χ2v) is 4.62. The highest BCUT2D eigenvalue weighted by molar-refractivity contribution is 5.34. The van der Waals surface area contributed by atoms with Crippen molar-refractivity contribution in [3.63, 3.8) is 0 Å². The lowest BCUT2D eigenvalue weighted by molar-refractivity contribution is 0.217. The molecule has 0 fully saturated rings. The van der Waals surface area contributed by atoms with Crippen LogP contribution in [0, 0.1) is 13.8 Å². The molecule has 0 aliphatic carbocycles. The molecule has 0 unspecified atom stereocenters. The Balaban J connectivity index is 1.76. The van der Waals surface area contributed by atoms with Gasteiger partial charge in [-0.05, 0) is 61.4 Å². The number of benzene rings is 2. The third-order valence-corrected chi connectivity index (χ3v) is 3.16. The summed E-state index contributed by atoms with van der Waals surface area (Å²) in [4.78, 5) is 0. The first-order valence-electron chi connectivity index (χ1n) is 6.66. The van der Waals surface area contributed by atoms with E-state index in [2.05, 4.69) is 19.9 Å². The summed E-state index contributed by atoms with van der Waals surface area (Å²) < 4.78 is 16.4. The van der Waals surface area contributed by atoms with Crippen LogP contribution in [-0.2, 0) is 0 Å². The molecular weight excluding hydrogens is 252 g/mol. The van der Waals surface area contributed by atoms with Gasteiger partial charge in [-0.1, -0.05) is 6.07 Å². The molecule has 2 rings (SSSR count). The Morgan fingerprint density at radius 1 is 0.700 bits per heavy atom. The number of rotatable bonds is 6. The minimum absolute atomic E-state index is 0.513. The molecule has 20 heavy (non-hydrogen) atoms. The van der Waals surface area contributed by atoms with E-state index in [4.69, 9.17) is 14.2 Å². The molecule has 0 aromatic heterocycles. The molecule has 2 aromatic carbocycles. The molecule has 0 heterocycles. The van der Waals surface area contributed by atoms with E-state index in [1.165, 1.54) is 11.1 Å². The summed E-state index contributed by atoms with van der Waals surface area (Å²) in [6.07, 6.45) is 0. The van der Waals surface area contributed by atoms with E-state index < -0.39 is 0 Å². The maximum absolute atomic E-state index is 5.66. The van der Waals surface area contributed by atoms with Crippen molar-refractivity contribution in [2.24, 2.45) is 0 Å². The van der Waals surface area contributed by atoms with Gasteiger partial charge in [0, 0.05) is 0 Å². The Hall–Kier alpha value is -2.16. The predicted octanol–water partition coefficient (Wildman–Crippen LogP) is 3.77. The summed E-state index contributed by atoms with van der Waals surface area (Å²) >= 11 is 0. The summed E-state index contributed by atoms with van der Waals surface area (Å²) in [6.45, 7) is 5.20. The Kier molecular flexibility index (Phi) is 4.88. The Morgan fingerprint density at radius 2 is 1.25 bits per heavy atom. The number of methoxy groups -OCH3 is 1. The fourth-order valence-corrected chi connectivity index (χ4v) is 1.79. The number of ether oxygens (including phenoxy) is 3. The van der Waals surface area contributed by atoms with Crippen LogP contribution in [0.2, 0.25) is 0 Å². The molecule has 0 atom stereocenters. The van der Waals surface area contributed by atoms with Crippen LogP contribution < -0.4 is 14.2 Å². The van der Waals surface area contributed by atoms with Gasteiger partial charge in [-0.3, -0.25) is 0 Å². The van der Waals surface area contributed by atoms with Gasteiger partial charge in [-0.15, -0.1) is 0 Å². The second kappa shape index (κ2) is 6.85. The minimum Gasteiger partial charge on any atom is -0.497 e. The van der Waals surface area contributed by atoms with Crippen molar-refractivity contribution in [2.75, 3.05) is 20.3 Å². The second-order valence-electron chi connectivity index (χ2n) is 4.62. The summed E-state index contributed by atoms with van der Waals surface area (Å²) in [7, 11) is 1.65. The van der Waals surface area contributed by atoms with Gasteiger partial charge < -0.3 is 14.2 Å². The Bertz CT molecular complexity index is 547. The Morgan fingerprint density at radius 3 is 1.85 bits per heavy atom. The third kappa shape index (κ3) is 3.92. The molecule has 0 amide bonds. The van der Waals surface area contributed by atoms with E-state index in [-0.39, 0.29) is 0 Å². The molecule has 0 saturated heterocycles. The standard InChI is InChI=1S/C17H20O3/c1-13-4-5-17(12-14(13)2)20-11-10-19-16-8-6-15(18-3)7-9-16/h4-9,12H,10-11H2,1-3H3. The third-order valence-electron chi connectivity index (χ3n) is 3.16. The van der Waals surface area contributed by atoms with Gasteiger partial charge in [0.15, 0.2) is 0 Å². The zero-order chi connectivity index (χ0) is 14.4. The maximum atomic E-state index is 5.66. The zero-order valence-corrected chi connectivity index (χ0v) is 12.2. The van der Waals surface area contributed by atoms with Crippen LogP contribution in [0.25, 0.3) is 0 Å². The molecule has 106 valence electrons. The molecule has 0 aliphatic heterocycles. The first-order valence-corrected chi connectivity index (χ1v) is 6.66. The topological polar surface area (TPSA) is 27.7 Å². The molecule has 0 bridgehead atoms. The molecule has 0 saturated carbocycles. The van der Waals surface area contributed by atoms with Crippen LogP contribution in [0.15, 0.2) is 42.5 Å². The number of hydrogen-bond donors (Lipinski definition) is 0. The van der Waals surface area contributed by atoms with Gasteiger partial charge in [0.2, 0.25) is 0 Å². The van der Waals surface area contributed by atoms with Gasteiger partial charge in [-0.2, -0.15) is 0 Å². The number of aryl methyl sites for hydroxylation is 2. The zero-order valence-electron chi connectivity index (χ0n) is 12.2. The van der Waals surface area contributed by atoms with Crippen LogP contribution in [0.3, 0.4) is 0 Å². The molecule has 0 spiro atoms. The molecule has 3 heteroatoms. The van der Waals surface area contributed by atoms with Crippen LogP contribution in [0.1, 0.15) is 11.1 Å². The predicted molar refractivity (Wildman–Crippen MR) is 79.9 cm³/mol. The van der Waals surface area contributed by atoms with E-state index >= 15 is 0 Å². The van der Waals surface area contributed by atoms with Crippen LogP contribution in [-0.4, -0.2) is 20.3 Å². The molecule has 0 N–H and O–H groups in total. The van der Waals surface area contributed by atoms with Gasteiger partial charge in [0.05, 0.1) is 7.11 Å². The van der Waals surface area contributed by atoms with Gasteiger partial charge >= 0.3 is 0 Å². The summed E-state index contributed by atoms with van der Waals surface area (Å²) in [5, 5.41) is 0. The molecular formula is C17H20O3. The maximum Gasteiger partial charge on any atom is 0.122 e. The first kappa shape index (κ1) is 14.3. The monoisotopic (exact) mass is 272 g/mol. The summed E-state index contributed by atoms with van der Waals surface area (Å²) in [5.74, 6) is 2.52. The summed E-state index contributed by atoms with van der Waals surface area (Å²) in [5.41, 5.74) is 2.51. The lowest BCUT2D eigenvalue weighted by Crippen LogP contribution is -2.09. The van der Waals surface area contributed by atoms with Crippen LogP contribution >= 0.6 is 0 Å². The quantitative estimate of drug-likeness (QED) is 0.749. The van der Waals surface area contributed by atoms with Crippen molar-refractivity contribution in [1.29, 1.82) is 0 Å². The largest absolute Gasteiger partial charge is 0.497 e. The molecule has 0 aliphatic rings. The lowest BCUT2D eigenvalue weighted by Gasteiger charge is -2.10. The number of hydrogen-bond acceptors (Lipinski definition) is 3. The van der Waals surface area contributed by atoms with E-state index in [1.807, 2.05) is 36.4 Å². The van der Waals surface area contributed by atoms with Crippen LogP contribution in [0.4, 0.5) is 0 Å². The normalized spacial score (nSPS) is 10.2. The average molecular weight is 272 g/mol. The van der Waals surface area contributed by atoms with Crippen molar-refractivity contribution >= 4 is 0 Å². The SMILES string of the molecule is COc1ccc(OCCOc2ccc(C)c(C)c2)cc1. The highest BCUT2D eigenvalue weighted by Gasteiger charge is 1.98. The van der Waals surface area contributed by atoms with E-state index in [1.54, 1.807) is 7.11 Å². The van der Waals surface area contributed by atoms with E-state index in [0.717, 1.165) is 17.2 Å². The van der Waals surface area contributed by atoms with Crippen molar-refractivity contribution < 1.29 is 14.2 Å². The average Bonchev–Trinajstić information content (AvgIpc) is 2.48. The van der Waals surface area contributed by atoms with Gasteiger partial charge in [-0.25, -0.2) is 0 Å². The first-order chi connectivity index (χ1) is 9.69. The highest BCUT2D eigenvalue weighted by atomic mass is 16.5. The fourth-order valence-electron chi connectivity index (χ4n) is 1.79. The smallest absolute Gasteiger partial charge is 0.122 e. The molecule has 0 radical (unpaired) electrons. The minimum atomic E-state index is 0.513. The Labute approximate surface area is 120 Å². The van der Waals surface area contributed by atoms with Gasteiger partial charge in [0.1, 0.15) is 30.5 Å². The van der Waals surface area contributed by atoms with Crippen molar-refractivity contribution in [1.82, 2.24) is 0 Å². The van der Waals surface area contributed by atoms with E-state index in [0.29, 0.717) is 13.2 Å². The van der Waals surface area contributed by atoms with Crippen molar-refractivity contribution in [3.8, 4) is 17.2 Å². The molecule has 3 nitrogen and oxygen atoms in total. The molecule has 2 aromatic rings. The fraction of sp³-hybridized carbons (Fsp3) is 0.294. The lowest BCUT2D eigenvalue weighted by atomic mass is 10.1. The van der Waals surface area contributed by atoms with E-state index in [9.17, 15) is 0 Å². The van der Waals surface area contributed by atoms with Gasteiger partial charge in [0.25, 0.3) is 0 Å².